The molecule has 3 aromatic rings. The van der Waals surface area contributed by atoms with Crippen LogP contribution in [0.25, 0.3) is 10.8 Å². The lowest BCUT2D eigenvalue weighted by Gasteiger charge is -2.08. The van der Waals surface area contributed by atoms with Crippen molar-refractivity contribution >= 4 is 10.8 Å². The molecule has 0 heterocycles. The zero-order valence-electron chi connectivity index (χ0n) is 16.1. The topological polar surface area (TPSA) is 9.23 Å². The van der Waals surface area contributed by atoms with E-state index in [2.05, 4.69) is 47.9 Å². The van der Waals surface area contributed by atoms with Gasteiger partial charge in [0.05, 0.1) is 7.11 Å². The van der Waals surface area contributed by atoms with E-state index in [4.69, 9.17) is 17.6 Å². The van der Waals surface area contributed by atoms with E-state index >= 15 is 0 Å². The molecule has 1 heteroatoms. The Morgan fingerprint density at radius 3 is 2.32 bits per heavy atom. The zero-order valence-corrected chi connectivity index (χ0v) is 16.1. The molecule has 0 unspecified atom stereocenters. The van der Waals surface area contributed by atoms with Crippen molar-refractivity contribution in [3.05, 3.63) is 76.9 Å². The van der Waals surface area contributed by atoms with Crippen LogP contribution in [0, 0.1) is 36.5 Å². The minimum Gasteiger partial charge on any atom is -0.497 e. The molecule has 3 aromatic carbocycles. The number of benzene rings is 3. The number of hydrogen-bond donors (Lipinski definition) is 0. The summed E-state index contributed by atoms with van der Waals surface area (Å²) in [6, 6.07) is 18.5. The van der Waals surface area contributed by atoms with Gasteiger partial charge in [0, 0.05) is 24.0 Å². The largest absolute Gasteiger partial charge is 0.497 e. The van der Waals surface area contributed by atoms with Gasteiger partial charge < -0.3 is 4.74 Å². The third kappa shape index (κ3) is 4.38. The van der Waals surface area contributed by atoms with Crippen LogP contribution in [0.5, 0.6) is 5.75 Å². The van der Waals surface area contributed by atoms with Crippen molar-refractivity contribution in [1.82, 2.24) is 0 Å². The van der Waals surface area contributed by atoms with Gasteiger partial charge in [0.15, 0.2) is 0 Å². The maximum absolute atomic E-state index is 5.48. The molecule has 0 aromatic heterocycles. The van der Waals surface area contributed by atoms with E-state index in [9.17, 15) is 0 Å². The van der Waals surface area contributed by atoms with E-state index in [0.29, 0.717) is 12.8 Å². The minimum absolute atomic E-state index is 0.670. The van der Waals surface area contributed by atoms with E-state index in [1.807, 2.05) is 30.3 Å². The summed E-state index contributed by atoms with van der Waals surface area (Å²) in [7, 11) is 1.67. The lowest BCUT2D eigenvalue weighted by atomic mass is 9.95. The second-order valence-corrected chi connectivity index (χ2v) is 6.50. The minimum atomic E-state index is 0.670. The maximum atomic E-state index is 5.48. The SMILES string of the molecule is C#CCCc1cc(OC)ccc1C#Cc1c(CCC#C)ccc2ccccc12. The first-order valence-corrected chi connectivity index (χ1v) is 9.33. The fraction of sp³-hybridized carbons (Fsp3) is 0.185. The molecule has 0 fully saturated rings. The van der Waals surface area contributed by atoms with Crippen LogP contribution in [0.4, 0.5) is 0 Å². The molecule has 0 aliphatic heterocycles. The van der Waals surface area contributed by atoms with Gasteiger partial charge in [-0.1, -0.05) is 48.2 Å². The van der Waals surface area contributed by atoms with Crippen LogP contribution in [0.1, 0.15) is 35.1 Å². The Kier molecular flexibility index (Phi) is 6.41. The molecule has 0 radical (unpaired) electrons. The van der Waals surface area contributed by atoms with Crippen molar-refractivity contribution in [2.45, 2.75) is 25.7 Å². The van der Waals surface area contributed by atoms with Crippen molar-refractivity contribution in [3.8, 4) is 42.3 Å². The highest BCUT2D eigenvalue weighted by Gasteiger charge is 2.06. The molecule has 0 saturated heterocycles. The number of terminal acetylenes is 2. The van der Waals surface area contributed by atoms with Crippen LogP contribution < -0.4 is 4.74 Å². The van der Waals surface area contributed by atoms with E-state index in [-0.39, 0.29) is 0 Å². The van der Waals surface area contributed by atoms with Crippen LogP contribution in [-0.2, 0) is 12.8 Å². The molecular formula is C27H22O. The number of ether oxygens (including phenoxy) is 1. The second kappa shape index (κ2) is 9.37. The maximum Gasteiger partial charge on any atom is 0.119 e. The van der Waals surface area contributed by atoms with Crippen molar-refractivity contribution in [1.29, 1.82) is 0 Å². The summed E-state index contributed by atoms with van der Waals surface area (Å²) in [6.45, 7) is 0. The second-order valence-electron chi connectivity index (χ2n) is 6.50. The number of hydrogen-bond acceptors (Lipinski definition) is 1. The molecule has 0 amide bonds. The van der Waals surface area contributed by atoms with Gasteiger partial charge in [-0.25, -0.2) is 0 Å². The third-order valence-corrected chi connectivity index (χ3v) is 4.73. The first kappa shape index (κ1) is 19.2. The highest BCUT2D eigenvalue weighted by Crippen LogP contribution is 2.24. The highest BCUT2D eigenvalue weighted by molar-refractivity contribution is 5.89. The summed E-state index contributed by atoms with van der Waals surface area (Å²) >= 11 is 0. The fourth-order valence-electron chi connectivity index (χ4n) is 3.24. The summed E-state index contributed by atoms with van der Waals surface area (Å²) in [5, 5.41) is 2.33. The van der Waals surface area contributed by atoms with Gasteiger partial charge in [0.1, 0.15) is 5.75 Å². The number of fused-ring (bicyclic) bond motifs is 1. The molecule has 3 rings (SSSR count). The Balaban J connectivity index is 2.10. The average Bonchev–Trinajstić information content (AvgIpc) is 2.75. The first-order valence-electron chi connectivity index (χ1n) is 9.33. The van der Waals surface area contributed by atoms with Gasteiger partial charge in [-0.3, -0.25) is 0 Å². The van der Waals surface area contributed by atoms with Gasteiger partial charge in [-0.2, -0.15) is 0 Å². The zero-order chi connectivity index (χ0) is 19.8. The predicted molar refractivity (Wildman–Crippen MR) is 117 cm³/mol. The van der Waals surface area contributed by atoms with Crippen molar-refractivity contribution < 1.29 is 4.74 Å². The van der Waals surface area contributed by atoms with Gasteiger partial charge in [0.25, 0.3) is 0 Å². The molecular weight excluding hydrogens is 340 g/mol. The highest BCUT2D eigenvalue weighted by atomic mass is 16.5. The standard InChI is InChI=1S/C27H22O/c1-4-6-10-22-14-15-23-12-8-9-13-26(23)27(22)19-17-21-16-18-25(28-3)20-24(21)11-7-5-2/h1-2,8-9,12-16,18,20H,6-7,10-11H2,3H3. The van der Waals surface area contributed by atoms with Gasteiger partial charge >= 0.3 is 0 Å². The van der Waals surface area contributed by atoms with E-state index in [1.54, 1.807) is 7.11 Å². The summed E-state index contributed by atoms with van der Waals surface area (Å²) in [5.41, 5.74) is 4.32. The number of rotatable bonds is 5. The number of methoxy groups -OCH3 is 1. The Morgan fingerprint density at radius 2 is 1.57 bits per heavy atom. The van der Waals surface area contributed by atoms with Crippen molar-refractivity contribution in [2.24, 2.45) is 0 Å². The monoisotopic (exact) mass is 362 g/mol. The average molecular weight is 362 g/mol. The van der Waals surface area contributed by atoms with Crippen LogP contribution in [0.2, 0.25) is 0 Å². The molecule has 0 saturated carbocycles. The Hall–Kier alpha value is -3.60. The molecule has 28 heavy (non-hydrogen) atoms. The fourth-order valence-corrected chi connectivity index (χ4v) is 3.24. The van der Waals surface area contributed by atoms with Crippen LogP contribution in [0.15, 0.2) is 54.6 Å². The summed E-state index contributed by atoms with van der Waals surface area (Å²) in [6.07, 6.45) is 13.9. The molecule has 0 aliphatic carbocycles. The van der Waals surface area contributed by atoms with Gasteiger partial charge in [0.2, 0.25) is 0 Å². The third-order valence-electron chi connectivity index (χ3n) is 4.73. The van der Waals surface area contributed by atoms with Crippen molar-refractivity contribution in [2.75, 3.05) is 7.11 Å². The van der Waals surface area contributed by atoms with Gasteiger partial charge in [-0.15, -0.1) is 24.7 Å². The lowest BCUT2D eigenvalue weighted by molar-refractivity contribution is 0.414. The summed E-state index contributed by atoms with van der Waals surface area (Å²) in [4.78, 5) is 0. The summed E-state index contributed by atoms with van der Waals surface area (Å²) in [5.74, 6) is 13.0. The van der Waals surface area contributed by atoms with E-state index in [0.717, 1.165) is 40.7 Å². The molecule has 0 aliphatic rings. The van der Waals surface area contributed by atoms with Crippen LogP contribution >= 0.6 is 0 Å². The Morgan fingerprint density at radius 1 is 0.821 bits per heavy atom. The molecule has 136 valence electrons. The van der Waals surface area contributed by atoms with Crippen LogP contribution in [-0.4, -0.2) is 7.11 Å². The van der Waals surface area contributed by atoms with Crippen LogP contribution in [0.3, 0.4) is 0 Å². The Labute approximate surface area is 167 Å². The smallest absolute Gasteiger partial charge is 0.119 e. The normalized spacial score (nSPS) is 9.82. The molecule has 0 bridgehead atoms. The van der Waals surface area contributed by atoms with E-state index in [1.165, 1.54) is 10.9 Å². The molecule has 0 spiro atoms. The lowest BCUT2D eigenvalue weighted by Crippen LogP contribution is -1.94. The predicted octanol–water partition coefficient (Wildman–Crippen LogP) is 5.38. The van der Waals surface area contributed by atoms with Crippen molar-refractivity contribution in [3.63, 3.8) is 0 Å². The summed E-state index contributed by atoms with van der Waals surface area (Å²) < 4.78 is 5.36. The quantitative estimate of drug-likeness (QED) is 0.554. The number of aryl methyl sites for hydroxylation is 2. The first-order chi connectivity index (χ1) is 13.8. The van der Waals surface area contributed by atoms with E-state index < -0.39 is 0 Å². The molecule has 0 atom stereocenters. The molecule has 0 N–H and O–H groups in total. The Bertz CT molecular complexity index is 1130. The van der Waals surface area contributed by atoms with Gasteiger partial charge in [-0.05, 0) is 52.9 Å². The molecule has 1 nitrogen and oxygen atoms in total.